The minimum absolute atomic E-state index is 0.120. The van der Waals surface area contributed by atoms with Crippen LogP contribution in [0.4, 0.5) is 10.5 Å². The van der Waals surface area contributed by atoms with Gasteiger partial charge in [0.05, 0.1) is 12.8 Å². The van der Waals surface area contributed by atoms with Crippen LogP contribution in [0, 0.1) is 5.92 Å². The summed E-state index contributed by atoms with van der Waals surface area (Å²) in [5.74, 6) is 0.876. The van der Waals surface area contributed by atoms with Gasteiger partial charge in [-0.05, 0) is 56.7 Å². The van der Waals surface area contributed by atoms with Crippen molar-refractivity contribution in [1.29, 1.82) is 0 Å². The number of hydrogen-bond acceptors (Lipinski definition) is 4. The van der Waals surface area contributed by atoms with Gasteiger partial charge in [-0.15, -0.1) is 0 Å². The number of methoxy groups -OCH3 is 1. The first-order valence-electron chi connectivity index (χ1n) is 9.73. The third-order valence-corrected chi connectivity index (χ3v) is 5.10. The molecule has 1 saturated heterocycles. The molecule has 0 radical (unpaired) electrons. The van der Waals surface area contributed by atoms with E-state index in [0.29, 0.717) is 36.0 Å². The number of amides is 3. The second-order valence-corrected chi connectivity index (χ2v) is 7.19. The topological polar surface area (TPSA) is 79.9 Å². The molecule has 0 spiro atoms. The summed E-state index contributed by atoms with van der Waals surface area (Å²) >= 11 is 0. The molecule has 1 aliphatic heterocycles. The van der Waals surface area contributed by atoms with Crippen molar-refractivity contribution in [2.75, 3.05) is 38.7 Å². The Morgan fingerprint density at radius 1 is 1.22 bits per heavy atom. The summed E-state index contributed by atoms with van der Waals surface area (Å²) < 4.78 is 10.8. The van der Waals surface area contributed by atoms with Crippen molar-refractivity contribution in [3.63, 3.8) is 0 Å². The Bertz CT molecular complexity index is 669. The third kappa shape index (κ3) is 5.35. The van der Waals surface area contributed by atoms with Crippen molar-refractivity contribution >= 4 is 17.6 Å². The normalized spacial score (nSPS) is 17.3. The Morgan fingerprint density at radius 3 is 2.59 bits per heavy atom. The van der Waals surface area contributed by atoms with E-state index in [-0.39, 0.29) is 18.0 Å². The van der Waals surface area contributed by atoms with Gasteiger partial charge in [-0.2, -0.15) is 0 Å². The van der Waals surface area contributed by atoms with Gasteiger partial charge in [-0.25, -0.2) is 4.79 Å². The van der Waals surface area contributed by atoms with Crippen LogP contribution in [0.2, 0.25) is 0 Å². The standard InChI is InChI=1S/C20H29N3O4/c1-3-23(13-14-8-10-27-11-9-14)20(25)22-17-12-15(4-7-18(17)26-2)19(24)21-16-5-6-16/h4,7,12,14,16H,3,5-6,8-11,13H2,1-2H3,(H,21,24)(H,22,25). The lowest BCUT2D eigenvalue weighted by atomic mass is 10.00. The Balaban J connectivity index is 1.67. The number of ether oxygens (including phenoxy) is 2. The summed E-state index contributed by atoms with van der Waals surface area (Å²) in [5.41, 5.74) is 1.03. The van der Waals surface area contributed by atoms with Crippen LogP contribution in [0.15, 0.2) is 18.2 Å². The van der Waals surface area contributed by atoms with Gasteiger partial charge in [0, 0.05) is 37.9 Å². The Kier molecular flexibility index (Phi) is 6.55. The van der Waals surface area contributed by atoms with E-state index in [0.717, 1.165) is 38.9 Å². The highest BCUT2D eigenvalue weighted by Crippen LogP contribution is 2.27. The van der Waals surface area contributed by atoms with Crippen LogP contribution in [0.25, 0.3) is 0 Å². The summed E-state index contributed by atoms with van der Waals surface area (Å²) in [6.07, 6.45) is 4.01. The molecule has 2 fully saturated rings. The van der Waals surface area contributed by atoms with Gasteiger partial charge < -0.3 is 25.0 Å². The summed E-state index contributed by atoms with van der Waals surface area (Å²) in [6, 6.07) is 5.21. The van der Waals surface area contributed by atoms with Crippen molar-refractivity contribution in [1.82, 2.24) is 10.2 Å². The van der Waals surface area contributed by atoms with E-state index in [9.17, 15) is 9.59 Å². The molecule has 0 unspecified atom stereocenters. The second kappa shape index (κ2) is 9.08. The smallest absolute Gasteiger partial charge is 0.321 e. The highest BCUT2D eigenvalue weighted by atomic mass is 16.5. The Morgan fingerprint density at radius 2 is 1.96 bits per heavy atom. The van der Waals surface area contributed by atoms with Gasteiger partial charge in [0.25, 0.3) is 5.91 Å². The first-order valence-corrected chi connectivity index (χ1v) is 9.73. The fraction of sp³-hybridized carbons (Fsp3) is 0.600. The number of rotatable bonds is 7. The molecule has 3 rings (SSSR count). The van der Waals surface area contributed by atoms with Gasteiger partial charge in [0.15, 0.2) is 0 Å². The number of carbonyl (C=O) groups is 2. The molecule has 3 amide bonds. The number of hydrogen-bond donors (Lipinski definition) is 2. The molecule has 2 aliphatic rings. The van der Waals surface area contributed by atoms with Crippen LogP contribution < -0.4 is 15.4 Å². The number of carbonyl (C=O) groups excluding carboxylic acids is 2. The predicted molar refractivity (Wildman–Crippen MR) is 103 cm³/mol. The molecular weight excluding hydrogens is 346 g/mol. The molecule has 1 saturated carbocycles. The highest BCUT2D eigenvalue weighted by molar-refractivity contribution is 5.98. The van der Waals surface area contributed by atoms with E-state index in [1.54, 1.807) is 30.2 Å². The Hall–Kier alpha value is -2.28. The molecule has 1 aromatic rings. The van der Waals surface area contributed by atoms with Crippen LogP contribution in [-0.2, 0) is 4.74 Å². The number of urea groups is 1. The zero-order chi connectivity index (χ0) is 19.2. The van der Waals surface area contributed by atoms with Crippen molar-refractivity contribution in [2.24, 2.45) is 5.92 Å². The van der Waals surface area contributed by atoms with E-state index < -0.39 is 0 Å². The SMILES string of the molecule is CCN(CC1CCOCC1)C(=O)Nc1cc(C(=O)NC2CC2)ccc1OC. The van der Waals surface area contributed by atoms with Gasteiger partial charge >= 0.3 is 6.03 Å². The number of benzene rings is 1. The molecule has 1 heterocycles. The van der Waals surface area contributed by atoms with Gasteiger partial charge in [-0.3, -0.25) is 4.79 Å². The molecule has 148 valence electrons. The minimum atomic E-state index is -0.179. The molecule has 0 atom stereocenters. The van der Waals surface area contributed by atoms with E-state index >= 15 is 0 Å². The zero-order valence-electron chi connectivity index (χ0n) is 16.1. The predicted octanol–water partition coefficient (Wildman–Crippen LogP) is 2.87. The fourth-order valence-electron chi connectivity index (χ4n) is 3.23. The molecule has 27 heavy (non-hydrogen) atoms. The van der Waals surface area contributed by atoms with E-state index in [1.165, 1.54) is 0 Å². The van der Waals surface area contributed by atoms with Crippen molar-refractivity contribution < 1.29 is 19.1 Å². The van der Waals surface area contributed by atoms with Crippen LogP contribution in [0.1, 0.15) is 43.0 Å². The highest BCUT2D eigenvalue weighted by Gasteiger charge is 2.25. The summed E-state index contributed by atoms with van der Waals surface area (Å²) in [4.78, 5) is 26.9. The maximum Gasteiger partial charge on any atom is 0.321 e. The molecule has 1 aromatic carbocycles. The number of nitrogens with zero attached hydrogens (tertiary/aromatic N) is 1. The lowest BCUT2D eigenvalue weighted by Gasteiger charge is -2.29. The molecule has 0 bridgehead atoms. The first-order chi connectivity index (χ1) is 13.1. The van der Waals surface area contributed by atoms with E-state index in [2.05, 4.69) is 10.6 Å². The number of anilines is 1. The largest absolute Gasteiger partial charge is 0.495 e. The number of nitrogens with one attached hydrogen (secondary N) is 2. The van der Waals surface area contributed by atoms with Crippen molar-refractivity contribution in [3.8, 4) is 5.75 Å². The molecule has 2 N–H and O–H groups in total. The second-order valence-electron chi connectivity index (χ2n) is 7.19. The minimum Gasteiger partial charge on any atom is -0.495 e. The third-order valence-electron chi connectivity index (χ3n) is 5.10. The lowest BCUT2D eigenvalue weighted by Crippen LogP contribution is -2.39. The zero-order valence-corrected chi connectivity index (χ0v) is 16.1. The molecule has 0 aromatic heterocycles. The van der Waals surface area contributed by atoms with E-state index in [4.69, 9.17) is 9.47 Å². The summed E-state index contributed by atoms with van der Waals surface area (Å²) in [5, 5.41) is 5.88. The average molecular weight is 375 g/mol. The van der Waals surface area contributed by atoms with Crippen LogP contribution in [0.5, 0.6) is 5.75 Å². The summed E-state index contributed by atoms with van der Waals surface area (Å²) in [6.45, 7) is 4.81. The molecule has 7 nitrogen and oxygen atoms in total. The first kappa shape index (κ1) is 19.5. The van der Waals surface area contributed by atoms with Gasteiger partial charge in [0.2, 0.25) is 0 Å². The quantitative estimate of drug-likeness (QED) is 0.768. The Labute approximate surface area is 160 Å². The fourth-order valence-corrected chi connectivity index (χ4v) is 3.23. The lowest BCUT2D eigenvalue weighted by molar-refractivity contribution is 0.0576. The van der Waals surface area contributed by atoms with Crippen LogP contribution in [-0.4, -0.2) is 56.3 Å². The van der Waals surface area contributed by atoms with Crippen LogP contribution in [0.3, 0.4) is 0 Å². The molecular formula is C20H29N3O4. The van der Waals surface area contributed by atoms with Crippen molar-refractivity contribution in [3.05, 3.63) is 23.8 Å². The van der Waals surface area contributed by atoms with Crippen molar-refractivity contribution in [2.45, 2.75) is 38.6 Å². The maximum atomic E-state index is 12.8. The van der Waals surface area contributed by atoms with Gasteiger partial charge in [0.1, 0.15) is 5.75 Å². The van der Waals surface area contributed by atoms with Gasteiger partial charge in [-0.1, -0.05) is 0 Å². The maximum absolute atomic E-state index is 12.8. The summed E-state index contributed by atoms with van der Waals surface area (Å²) in [7, 11) is 1.55. The molecule has 7 heteroatoms. The molecule has 1 aliphatic carbocycles. The van der Waals surface area contributed by atoms with Crippen LogP contribution >= 0.6 is 0 Å². The van der Waals surface area contributed by atoms with E-state index in [1.807, 2.05) is 6.92 Å². The monoisotopic (exact) mass is 375 g/mol. The average Bonchev–Trinajstić information content (AvgIpc) is 3.50.